The van der Waals surface area contributed by atoms with Crippen molar-refractivity contribution in [1.82, 2.24) is 14.8 Å². The van der Waals surface area contributed by atoms with Gasteiger partial charge in [0.2, 0.25) is 0 Å². The predicted octanol–water partition coefficient (Wildman–Crippen LogP) is -0.923. The third-order valence-electron chi connectivity index (χ3n) is 2.15. The Bertz CT molecular complexity index is 284. The summed E-state index contributed by atoms with van der Waals surface area (Å²) in [6, 6.07) is 0. The summed E-state index contributed by atoms with van der Waals surface area (Å²) >= 11 is 0. The summed E-state index contributed by atoms with van der Waals surface area (Å²) in [7, 11) is 0. The molecule has 1 atom stereocenters. The van der Waals surface area contributed by atoms with Crippen molar-refractivity contribution in [3.05, 3.63) is 11.6 Å². The summed E-state index contributed by atoms with van der Waals surface area (Å²) in [4.78, 5) is 0. The Labute approximate surface area is 69.7 Å². The number of aliphatic hydroxyl groups excluding tert-OH is 2. The summed E-state index contributed by atoms with van der Waals surface area (Å²) in [5.74, 6) is 1.37. The van der Waals surface area contributed by atoms with Crippen molar-refractivity contribution in [3.63, 3.8) is 0 Å². The Hall–Kier alpha value is -0.940. The largest absolute Gasteiger partial charge is 0.393 e. The quantitative estimate of drug-likeness (QED) is 0.570. The molecule has 0 radical (unpaired) electrons. The number of rotatable bonds is 1. The van der Waals surface area contributed by atoms with Crippen LogP contribution >= 0.6 is 0 Å². The Morgan fingerprint density at radius 3 is 3.08 bits per heavy atom. The Kier molecular flexibility index (Phi) is 1.82. The van der Waals surface area contributed by atoms with Gasteiger partial charge in [0.15, 0.2) is 5.82 Å². The molecular weight excluding hydrogens is 158 g/mol. The van der Waals surface area contributed by atoms with Crippen LogP contribution in [0.15, 0.2) is 0 Å². The van der Waals surface area contributed by atoms with Gasteiger partial charge < -0.3 is 14.8 Å². The number of fused-ring (bicyclic) bond motifs is 1. The number of aromatic nitrogens is 3. The molecule has 0 bridgehead atoms. The normalized spacial score (nSPS) is 22.3. The molecule has 1 unspecified atom stereocenters. The van der Waals surface area contributed by atoms with Crippen molar-refractivity contribution in [1.29, 1.82) is 0 Å². The molecule has 5 nitrogen and oxygen atoms in total. The molecule has 2 rings (SSSR count). The summed E-state index contributed by atoms with van der Waals surface area (Å²) in [5, 5.41) is 25.8. The van der Waals surface area contributed by atoms with Crippen LogP contribution in [-0.4, -0.2) is 31.1 Å². The first-order valence-corrected chi connectivity index (χ1v) is 4.01. The average molecular weight is 169 g/mol. The summed E-state index contributed by atoms with van der Waals surface area (Å²) < 4.78 is 1.87. The van der Waals surface area contributed by atoms with E-state index in [1.165, 1.54) is 0 Å². The fourth-order valence-corrected chi connectivity index (χ4v) is 1.49. The molecule has 5 heteroatoms. The van der Waals surface area contributed by atoms with E-state index in [1.807, 2.05) is 4.57 Å². The monoisotopic (exact) mass is 169 g/mol. The Morgan fingerprint density at radius 1 is 1.50 bits per heavy atom. The van der Waals surface area contributed by atoms with E-state index in [2.05, 4.69) is 10.2 Å². The third-order valence-corrected chi connectivity index (χ3v) is 2.15. The first-order chi connectivity index (χ1) is 5.81. The van der Waals surface area contributed by atoms with Crippen LogP contribution in [-0.2, 0) is 19.6 Å². The standard InChI is InChI=1S/C7H11N3O2/c11-4-7-9-8-6-3-5(12)1-2-10(6)7/h5,11-12H,1-4H2. The molecule has 2 N–H and O–H groups in total. The highest BCUT2D eigenvalue weighted by molar-refractivity contribution is 4.99. The van der Waals surface area contributed by atoms with Gasteiger partial charge in [-0.05, 0) is 6.42 Å². The number of aliphatic hydroxyl groups is 2. The van der Waals surface area contributed by atoms with E-state index in [1.54, 1.807) is 0 Å². The summed E-state index contributed by atoms with van der Waals surface area (Å²) in [6.07, 6.45) is 0.971. The molecule has 1 aliphatic rings. The zero-order valence-electron chi connectivity index (χ0n) is 6.64. The molecular formula is C7H11N3O2. The van der Waals surface area contributed by atoms with Gasteiger partial charge in [0.25, 0.3) is 0 Å². The minimum Gasteiger partial charge on any atom is -0.393 e. The highest BCUT2D eigenvalue weighted by atomic mass is 16.3. The molecule has 0 amide bonds. The van der Waals surface area contributed by atoms with E-state index < -0.39 is 0 Å². The van der Waals surface area contributed by atoms with Crippen molar-refractivity contribution in [2.24, 2.45) is 0 Å². The minimum absolute atomic E-state index is 0.0803. The molecule has 2 heterocycles. The van der Waals surface area contributed by atoms with Gasteiger partial charge in [-0.25, -0.2) is 0 Å². The van der Waals surface area contributed by atoms with Crippen molar-refractivity contribution >= 4 is 0 Å². The maximum atomic E-state index is 9.29. The van der Waals surface area contributed by atoms with Crippen LogP contribution in [0.1, 0.15) is 18.1 Å². The molecule has 0 saturated heterocycles. The van der Waals surface area contributed by atoms with Gasteiger partial charge in [-0.1, -0.05) is 0 Å². The Balaban J connectivity index is 2.32. The molecule has 1 aliphatic heterocycles. The topological polar surface area (TPSA) is 71.2 Å². The van der Waals surface area contributed by atoms with E-state index in [4.69, 9.17) is 5.11 Å². The molecule has 12 heavy (non-hydrogen) atoms. The van der Waals surface area contributed by atoms with Gasteiger partial charge in [0.05, 0.1) is 6.10 Å². The number of hydrogen-bond acceptors (Lipinski definition) is 4. The first kappa shape index (κ1) is 7.70. The van der Waals surface area contributed by atoms with Gasteiger partial charge in [-0.3, -0.25) is 0 Å². The lowest BCUT2D eigenvalue weighted by Gasteiger charge is -2.18. The van der Waals surface area contributed by atoms with Crippen LogP contribution in [0.2, 0.25) is 0 Å². The van der Waals surface area contributed by atoms with Crippen molar-refractivity contribution in [2.75, 3.05) is 0 Å². The lowest BCUT2D eigenvalue weighted by molar-refractivity contribution is 0.139. The molecule has 0 aliphatic carbocycles. The van der Waals surface area contributed by atoms with Gasteiger partial charge in [-0.15, -0.1) is 10.2 Å². The van der Waals surface area contributed by atoms with Crippen LogP contribution in [0.5, 0.6) is 0 Å². The highest BCUT2D eigenvalue weighted by Gasteiger charge is 2.20. The second kappa shape index (κ2) is 2.84. The summed E-state index contributed by atoms with van der Waals surface area (Å²) in [5.41, 5.74) is 0. The molecule has 66 valence electrons. The van der Waals surface area contributed by atoms with Crippen LogP contribution in [0.4, 0.5) is 0 Å². The van der Waals surface area contributed by atoms with Gasteiger partial charge >= 0.3 is 0 Å². The van der Waals surface area contributed by atoms with Crippen LogP contribution < -0.4 is 0 Å². The van der Waals surface area contributed by atoms with Gasteiger partial charge in [0, 0.05) is 13.0 Å². The number of hydrogen-bond donors (Lipinski definition) is 2. The third kappa shape index (κ3) is 1.11. The highest BCUT2D eigenvalue weighted by Crippen LogP contribution is 2.14. The molecule has 0 saturated carbocycles. The van der Waals surface area contributed by atoms with Gasteiger partial charge in [-0.2, -0.15) is 0 Å². The molecule has 0 aromatic carbocycles. The fourth-order valence-electron chi connectivity index (χ4n) is 1.49. The molecule has 0 fully saturated rings. The second-order valence-electron chi connectivity index (χ2n) is 2.99. The fraction of sp³-hybridized carbons (Fsp3) is 0.714. The van der Waals surface area contributed by atoms with E-state index in [0.29, 0.717) is 18.8 Å². The SMILES string of the molecule is OCc1nnc2n1CCC(O)C2. The average Bonchev–Trinajstić information content (AvgIpc) is 2.46. The van der Waals surface area contributed by atoms with Crippen molar-refractivity contribution < 1.29 is 10.2 Å². The minimum atomic E-state index is -0.298. The smallest absolute Gasteiger partial charge is 0.158 e. The maximum Gasteiger partial charge on any atom is 0.158 e. The molecule has 1 aromatic heterocycles. The van der Waals surface area contributed by atoms with E-state index in [-0.39, 0.29) is 12.7 Å². The molecule has 1 aromatic rings. The lowest BCUT2D eigenvalue weighted by atomic mass is 10.1. The number of nitrogens with zero attached hydrogens (tertiary/aromatic N) is 3. The van der Waals surface area contributed by atoms with Crippen LogP contribution in [0.3, 0.4) is 0 Å². The van der Waals surface area contributed by atoms with E-state index >= 15 is 0 Å². The van der Waals surface area contributed by atoms with E-state index in [9.17, 15) is 5.11 Å². The van der Waals surface area contributed by atoms with Crippen molar-refractivity contribution in [3.8, 4) is 0 Å². The van der Waals surface area contributed by atoms with Crippen LogP contribution in [0, 0.1) is 0 Å². The van der Waals surface area contributed by atoms with Crippen LogP contribution in [0.25, 0.3) is 0 Å². The first-order valence-electron chi connectivity index (χ1n) is 4.01. The van der Waals surface area contributed by atoms with Gasteiger partial charge in [0.1, 0.15) is 12.4 Å². The predicted molar refractivity (Wildman–Crippen MR) is 40.3 cm³/mol. The lowest BCUT2D eigenvalue weighted by Crippen LogP contribution is -2.24. The second-order valence-corrected chi connectivity index (χ2v) is 2.99. The van der Waals surface area contributed by atoms with Crippen molar-refractivity contribution in [2.45, 2.75) is 32.1 Å². The maximum absolute atomic E-state index is 9.29. The van der Waals surface area contributed by atoms with E-state index in [0.717, 1.165) is 12.2 Å². The summed E-state index contributed by atoms with van der Waals surface area (Å²) in [6.45, 7) is 0.627. The Morgan fingerprint density at radius 2 is 2.33 bits per heavy atom. The zero-order chi connectivity index (χ0) is 8.55. The zero-order valence-corrected chi connectivity index (χ0v) is 6.64. The molecule has 0 spiro atoms.